The van der Waals surface area contributed by atoms with Crippen molar-refractivity contribution in [1.29, 1.82) is 0 Å². The van der Waals surface area contributed by atoms with Gasteiger partial charge in [0.25, 0.3) is 0 Å². The fourth-order valence-corrected chi connectivity index (χ4v) is 4.62. The molecule has 0 spiro atoms. The smallest absolute Gasteiger partial charge is 0.422 e. The summed E-state index contributed by atoms with van der Waals surface area (Å²) in [6.07, 6.45) is -4.10. The lowest BCUT2D eigenvalue weighted by Crippen LogP contribution is -2.46. The van der Waals surface area contributed by atoms with Crippen LogP contribution in [0.5, 0.6) is 5.75 Å². The maximum absolute atomic E-state index is 14.4. The molecule has 0 amide bonds. The molecule has 0 fully saturated rings. The number of carboxylic acids is 1. The average molecular weight is 530 g/mol. The molecular formula is C28H23ClF3NO4. The molecule has 9 heteroatoms. The summed E-state index contributed by atoms with van der Waals surface area (Å²) >= 11 is 6.39. The summed E-state index contributed by atoms with van der Waals surface area (Å²) in [6.45, 7) is 1.37. The number of carbonyl (C=O) groups is 1. The molecule has 192 valence electrons. The van der Waals surface area contributed by atoms with Crippen molar-refractivity contribution in [2.24, 2.45) is 0 Å². The predicted octanol–water partition coefficient (Wildman–Crippen LogP) is 6.65. The van der Waals surface area contributed by atoms with E-state index in [4.69, 9.17) is 21.4 Å². The summed E-state index contributed by atoms with van der Waals surface area (Å²) < 4.78 is 48.9. The van der Waals surface area contributed by atoms with E-state index in [1.54, 1.807) is 48.5 Å². The molecule has 5 nitrogen and oxygen atoms in total. The zero-order chi connectivity index (χ0) is 26.8. The minimum atomic E-state index is -5.02. The number of benzene rings is 3. The van der Waals surface area contributed by atoms with Gasteiger partial charge < -0.3 is 14.9 Å². The Balaban J connectivity index is 1.60. The van der Waals surface area contributed by atoms with Crippen molar-refractivity contribution in [1.82, 2.24) is 4.98 Å². The molecule has 0 radical (unpaired) electrons. The highest BCUT2D eigenvalue weighted by molar-refractivity contribution is 6.31. The molecule has 0 aliphatic heterocycles. The van der Waals surface area contributed by atoms with Crippen molar-refractivity contribution in [2.75, 3.05) is 0 Å². The van der Waals surface area contributed by atoms with Crippen LogP contribution >= 0.6 is 11.6 Å². The van der Waals surface area contributed by atoms with Crippen LogP contribution in [0, 0.1) is 0 Å². The maximum atomic E-state index is 14.4. The Labute approximate surface area is 216 Å². The normalized spacial score (nSPS) is 14.2. The summed E-state index contributed by atoms with van der Waals surface area (Å²) in [6, 6.07) is 19.1. The molecule has 4 rings (SSSR count). The molecule has 0 bridgehead atoms. The third-order valence-corrected chi connectivity index (χ3v) is 6.61. The molecule has 3 aromatic carbocycles. The zero-order valence-corrected chi connectivity index (χ0v) is 20.4. The van der Waals surface area contributed by atoms with Crippen molar-refractivity contribution in [3.63, 3.8) is 0 Å². The summed E-state index contributed by atoms with van der Waals surface area (Å²) in [5, 5.41) is 20.6. The van der Waals surface area contributed by atoms with Gasteiger partial charge in [-0.3, -0.25) is 9.78 Å². The monoisotopic (exact) mass is 529 g/mol. The molecule has 0 aliphatic carbocycles. The van der Waals surface area contributed by atoms with Gasteiger partial charge in [-0.15, -0.1) is 0 Å². The Morgan fingerprint density at radius 2 is 1.76 bits per heavy atom. The van der Waals surface area contributed by atoms with Crippen molar-refractivity contribution in [3.05, 3.63) is 106 Å². The Morgan fingerprint density at radius 3 is 2.46 bits per heavy atom. The second kappa shape index (κ2) is 10.4. The fourth-order valence-electron chi connectivity index (χ4n) is 4.28. The number of nitrogens with zero attached hydrogens (tertiary/aromatic N) is 1. The second-order valence-corrected chi connectivity index (χ2v) is 9.17. The standard InChI is InChI=1S/C28H23ClF3NO4/c1-17(27(36,28(30,31)32)21-13-20-7-2-3-8-25(20)33-15-21)23-10-9-22(14-24(23)29)37-16-19-6-4-5-18(11-19)12-26(34)35/h2-11,13-15,17,36H,12,16H2,1H3,(H,34,35). The fraction of sp³-hybridized carbons (Fsp3) is 0.214. The molecule has 2 unspecified atom stereocenters. The summed E-state index contributed by atoms with van der Waals surface area (Å²) in [5.41, 5.74) is -1.69. The molecular weight excluding hydrogens is 507 g/mol. The van der Waals surface area contributed by atoms with Gasteiger partial charge in [0.15, 0.2) is 5.60 Å². The highest BCUT2D eigenvalue weighted by Gasteiger charge is 2.59. The number of pyridine rings is 1. The van der Waals surface area contributed by atoms with Gasteiger partial charge in [0, 0.05) is 28.1 Å². The SMILES string of the molecule is CC(c1ccc(OCc2cccc(CC(=O)O)c2)cc1Cl)C(O)(c1cnc2ccccc2c1)C(F)(F)F. The van der Waals surface area contributed by atoms with Crippen LogP contribution in [0.4, 0.5) is 13.2 Å². The molecule has 4 aromatic rings. The number of alkyl halides is 3. The van der Waals surface area contributed by atoms with Crippen LogP contribution in [0.1, 0.15) is 35.1 Å². The van der Waals surface area contributed by atoms with E-state index >= 15 is 0 Å². The summed E-state index contributed by atoms with van der Waals surface area (Å²) in [7, 11) is 0. The Morgan fingerprint density at radius 1 is 1.03 bits per heavy atom. The van der Waals surface area contributed by atoms with Gasteiger partial charge in [-0.25, -0.2) is 0 Å². The van der Waals surface area contributed by atoms with Gasteiger partial charge in [0.2, 0.25) is 0 Å². The van der Waals surface area contributed by atoms with E-state index in [1.807, 2.05) is 0 Å². The van der Waals surface area contributed by atoms with E-state index in [-0.39, 0.29) is 29.2 Å². The number of aliphatic carboxylic acids is 1. The van der Waals surface area contributed by atoms with Crippen LogP contribution in [0.2, 0.25) is 5.02 Å². The highest BCUT2D eigenvalue weighted by atomic mass is 35.5. The predicted molar refractivity (Wildman–Crippen MR) is 134 cm³/mol. The van der Waals surface area contributed by atoms with Crippen molar-refractivity contribution >= 4 is 28.5 Å². The number of aliphatic hydroxyl groups is 1. The minimum absolute atomic E-state index is 0.000973. The molecule has 0 saturated heterocycles. The molecule has 37 heavy (non-hydrogen) atoms. The lowest BCUT2D eigenvalue weighted by Gasteiger charge is -2.37. The van der Waals surface area contributed by atoms with Crippen LogP contribution in [0.15, 0.2) is 79.0 Å². The minimum Gasteiger partial charge on any atom is -0.489 e. The van der Waals surface area contributed by atoms with E-state index in [0.717, 1.165) is 11.8 Å². The van der Waals surface area contributed by atoms with E-state index in [0.29, 0.717) is 22.2 Å². The Hall–Kier alpha value is -3.62. The van der Waals surface area contributed by atoms with E-state index in [2.05, 4.69) is 4.98 Å². The molecule has 0 saturated carbocycles. The largest absolute Gasteiger partial charge is 0.489 e. The molecule has 1 heterocycles. The Bertz CT molecular complexity index is 1440. The van der Waals surface area contributed by atoms with Gasteiger partial charge in [-0.05, 0) is 41.0 Å². The van der Waals surface area contributed by atoms with Crippen LogP contribution < -0.4 is 4.74 Å². The lowest BCUT2D eigenvalue weighted by atomic mass is 9.78. The number of hydrogen-bond donors (Lipinski definition) is 2. The van der Waals surface area contributed by atoms with E-state index < -0.39 is 23.7 Å². The van der Waals surface area contributed by atoms with Crippen molar-refractivity contribution in [3.8, 4) is 5.75 Å². The summed E-state index contributed by atoms with van der Waals surface area (Å²) in [4.78, 5) is 15.0. The topological polar surface area (TPSA) is 79.7 Å². The average Bonchev–Trinajstić information content (AvgIpc) is 2.85. The van der Waals surface area contributed by atoms with Gasteiger partial charge in [0.05, 0.1) is 11.9 Å². The van der Waals surface area contributed by atoms with Crippen LogP contribution in [0.3, 0.4) is 0 Å². The first-order valence-electron chi connectivity index (χ1n) is 11.4. The van der Waals surface area contributed by atoms with Crippen molar-refractivity contribution < 1.29 is 32.9 Å². The van der Waals surface area contributed by atoms with E-state index in [1.165, 1.54) is 31.2 Å². The third-order valence-electron chi connectivity index (χ3n) is 6.28. The van der Waals surface area contributed by atoms with Crippen molar-refractivity contribution in [2.45, 2.75) is 37.6 Å². The first-order chi connectivity index (χ1) is 17.5. The van der Waals surface area contributed by atoms with Crippen LogP contribution in [-0.4, -0.2) is 27.3 Å². The second-order valence-electron chi connectivity index (χ2n) is 8.76. The number of halogens is 4. The van der Waals surface area contributed by atoms with Crippen LogP contribution in [-0.2, 0) is 23.4 Å². The quantitative estimate of drug-likeness (QED) is 0.267. The lowest BCUT2D eigenvalue weighted by molar-refractivity contribution is -0.274. The summed E-state index contributed by atoms with van der Waals surface area (Å²) in [5.74, 6) is -2.11. The number of ether oxygens (including phenoxy) is 1. The molecule has 2 N–H and O–H groups in total. The molecule has 2 atom stereocenters. The van der Waals surface area contributed by atoms with E-state index in [9.17, 15) is 23.1 Å². The molecule has 1 aromatic heterocycles. The number of aromatic nitrogens is 1. The Kier molecular flexibility index (Phi) is 7.43. The number of para-hydroxylation sites is 1. The maximum Gasteiger partial charge on any atom is 0.422 e. The van der Waals surface area contributed by atoms with Gasteiger partial charge in [-0.2, -0.15) is 13.2 Å². The first-order valence-corrected chi connectivity index (χ1v) is 11.7. The number of carboxylic acid groups (broad SMARTS) is 1. The van der Waals surface area contributed by atoms with Gasteiger partial charge in [-0.1, -0.05) is 67.1 Å². The van der Waals surface area contributed by atoms with Crippen LogP contribution in [0.25, 0.3) is 10.9 Å². The van der Waals surface area contributed by atoms with Gasteiger partial charge >= 0.3 is 12.1 Å². The molecule has 0 aliphatic rings. The zero-order valence-electron chi connectivity index (χ0n) is 19.7. The van der Waals surface area contributed by atoms with Gasteiger partial charge in [0.1, 0.15) is 12.4 Å². The number of hydrogen-bond acceptors (Lipinski definition) is 4. The number of fused-ring (bicyclic) bond motifs is 1. The number of rotatable bonds is 8. The first kappa shape index (κ1) is 26.4. The third kappa shape index (κ3) is 5.55. The highest BCUT2D eigenvalue weighted by Crippen LogP contribution is 2.50.